The van der Waals surface area contributed by atoms with Crippen LogP contribution in [-0.2, 0) is 17.9 Å². The van der Waals surface area contributed by atoms with Gasteiger partial charge in [0, 0.05) is 24.7 Å². The van der Waals surface area contributed by atoms with Crippen molar-refractivity contribution >= 4 is 5.91 Å². The third-order valence-electron chi connectivity index (χ3n) is 4.81. The minimum absolute atomic E-state index is 0.0488. The summed E-state index contributed by atoms with van der Waals surface area (Å²) in [6.45, 7) is 3.20. The molecule has 0 spiro atoms. The second-order valence-corrected chi connectivity index (χ2v) is 6.72. The van der Waals surface area contributed by atoms with Crippen molar-refractivity contribution in [3.05, 3.63) is 65.5 Å². The minimum Gasteiger partial charge on any atom is -0.332 e. The standard InChI is InChI=1S/C20H25N3O/c1-15-6-5-11-22-19(15)14-23(13-16-7-3-2-4-8-16)20(24)17-9-10-18(21)12-17/h2-8,11,17-18H,9-10,12-14,21H2,1H3/t17-,18+/m0/s1. The molecule has 4 heteroatoms. The smallest absolute Gasteiger partial charge is 0.226 e. The Kier molecular flexibility index (Phi) is 5.26. The number of hydrogen-bond donors (Lipinski definition) is 1. The SMILES string of the molecule is Cc1cccnc1CN(Cc1ccccc1)C(=O)[C@H]1CC[C@@H](N)C1. The number of aryl methyl sites for hydroxylation is 1. The van der Waals surface area contributed by atoms with E-state index < -0.39 is 0 Å². The molecular weight excluding hydrogens is 298 g/mol. The van der Waals surface area contributed by atoms with Crippen LogP contribution in [0.1, 0.15) is 36.1 Å². The van der Waals surface area contributed by atoms with Crippen LogP contribution in [-0.4, -0.2) is 21.8 Å². The average molecular weight is 323 g/mol. The van der Waals surface area contributed by atoms with Gasteiger partial charge in [0.15, 0.2) is 0 Å². The van der Waals surface area contributed by atoms with Crippen molar-refractivity contribution in [2.24, 2.45) is 11.7 Å². The Morgan fingerprint density at radius 2 is 1.96 bits per heavy atom. The number of hydrogen-bond acceptors (Lipinski definition) is 3. The van der Waals surface area contributed by atoms with Crippen molar-refractivity contribution in [2.45, 2.75) is 45.3 Å². The van der Waals surface area contributed by atoms with Gasteiger partial charge < -0.3 is 10.6 Å². The topological polar surface area (TPSA) is 59.2 Å². The molecule has 24 heavy (non-hydrogen) atoms. The van der Waals surface area contributed by atoms with E-state index in [4.69, 9.17) is 5.73 Å². The van der Waals surface area contributed by atoms with E-state index in [1.165, 1.54) is 0 Å². The summed E-state index contributed by atoms with van der Waals surface area (Å²) in [5, 5.41) is 0. The maximum Gasteiger partial charge on any atom is 0.226 e. The lowest BCUT2D eigenvalue weighted by Gasteiger charge is -2.26. The summed E-state index contributed by atoms with van der Waals surface area (Å²) in [5.74, 6) is 0.254. The van der Waals surface area contributed by atoms with Gasteiger partial charge in [-0.05, 0) is 43.4 Å². The molecule has 2 N–H and O–H groups in total. The second-order valence-electron chi connectivity index (χ2n) is 6.72. The zero-order valence-electron chi connectivity index (χ0n) is 14.2. The summed E-state index contributed by atoms with van der Waals surface area (Å²) in [4.78, 5) is 19.5. The molecule has 126 valence electrons. The Morgan fingerprint density at radius 3 is 2.62 bits per heavy atom. The zero-order valence-corrected chi connectivity index (χ0v) is 14.2. The Labute approximate surface area is 143 Å². The molecule has 0 unspecified atom stereocenters. The molecule has 1 fully saturated rings. The lowest BCUT2D eigenvalue weighted by molar-refractivity contribution is -0.136. The third-order valence-corrected chi connectivity index (χ3v) is 4.81. The van der Waals surface area contributed by atoms with Gasteiger partial charge in [0.2, 0.25) is 5.91 Å². The molecule has 1 aromatic heterocycles. The van der Waals surface area contributed by atoms with E-state index in [0.717, 1.165) is 36.1 Å². The van der Waals surface area contributed by atoms with Crippen molar-refractivity contribution in [2.75, 3.05) is 0 Å². The molecule has 1 amide bonds. The van der Waals surface area contributed by atoms with Crippen LogP contribution in [0.25, 0.3) is 0 Å². The van der Waals surface area contributed by atoms with Crippen LogP contribution >= 0.6 is 0 Å². The van der Waals surface area contributed by atoms with Crippen LogP contribution in [0.2, 0.25) is 0 Å². The summed E-state index contributed by atoms with van der Waals surface area (Å²) in [5.41, 5.74) is 9.23. The summed E-state index contributed by atoms with van der Waals surface area (Å²) >= 11 is 0. The molecule has 1 aliphatic rings. The fraction of sp³-hybridized carbons (Fsp3) is 0.400. The van der Waals surface area contributed by atoms with Gasteiger partial charge in [-0.3, -0.25) is 9.78 Å². The Hall–Kier alpha value is -2.20. The highest BCUT2D eigenvalue weighted by Crippen LogP contribution is 2.27. The van der Waals surface area contributed by atoms with Gasteiger partial charge in [0.1, 0.15) is 0 Å². The van der Waals surface area contributed by atoms with Crippen molar-refractivity contribution in [1.29, 1.82) is 0 Å². The highest BCUT2D eigenvalue weighted by molar-refractivity contribution is 5.79. The van der Waals surface area contributed by atoms with E-state index in [0.29, 0.717) is 13.1 Å². The van der Waals surface area contributed by atoms with Gasteiger partial charge in [-0.1, -0.05) is 36.4 Å². The van der Waals surface area contributed by atoms with Gasteiger partial charge in [0.25, 0.3) is 0 Å². The highest BCUT2D eigenvalue weighted by Gasteiger charge is 2.31. The Balaban J connectivity index is 1.80. The number of nitrogens with two attached hydrogens (primary N) is 1. The average Bonchev–Trinajstić information content (AvgIpc) is 3.03. The molecular formula is C20H25N3O. The number of benzene rings is 1. The lowest BCUT2D eigenvalue weighted by atomic mass is 10.0. The van der Waals surface area contributed by atoms with E-state index in [2.05, 4.69) is 17.1 Å². The van der Waals surface area contributed by atoms with E-state index in [-0.39, 0.29) is 17.9 Å². The van der Waals surface area contributed by atoms with Crippen LogP contribution in [0, 0.1) is 12.8 Å². The van der Waals surface area contributed by atoms with E-state index >= 15 is 0 Å². The van der Waals surface area contributed by atoms with Crippen molar-refractivity contribution in [1.82, 2.24) is 9.88 Å². The number of carbonyl (C=O) groups excluding carboxylic acids is 1. The number of rotatable bonds is 5. The van der Waals surface area contributed by atoms with Crippen LogP contribution in [0.15, 0.2) is 48.7 Å². The van der Waals surface area contributed by atoms with Gasteiger partial charge in [-0.25, -0.2) is 0 Å². The molecule has 0 bridgehead atoms. The molecule has 1 saturated carbocycles. The first kappa shape index (κ1) is 16.7. The van der Waals surface area contributed by atoms with Crippen LogP contribution in [0.4, 0.5) is 0 Å². The van der Waals surface area contributed by atoms with E-state index in [1.807, 2.05) is 42.2 Å². The van der Waals surface area contributed by atoms with Crippen LogP contribution in [0.5, 0.6) is 0 Å². The number of pyridine rings is 1. The quantitative estimate of drug-likeness (QED) is 0.920. The molecule has 1 heterocycles. The fourth-order valence-electron chi connectivity index (χ4n) is 3.38. The number of aromatic nitrogens is 1. The van der Waals surface area contributed by atoms with Crippen molar-refractivity contribution < 1.29 is 4.79 Å². The van der Waals surface area contributed by atoms with Crippen LogP contribution < -0.4 is 5.73 Å². The second kappa shape index (κ2) is 7.58. The fourth-order valence-corrected chi connectivity index (χ4v) is 3.38. The molecule has 0 aliphatic heterocycles. The van der Waals surface area contributed by atoms with Crippen molar-refractivity contribution in [3.63, 3.8) is 0 Å². The van der Waals surface area contributed by atoms with Gasteiger partial charge in [-0.15, -0.1) is 0 Å². The summed E-state index contributed by atoms with van der Waals surface area (Å²) in [6, 6.07) is 14.3. The number of nitrogens with zero attached hydrogens (tertiary/aromatic N) is 2. The summed E-state index contributed by atoms with van der Waals surface area (Å²) < 4.78 is 0. The molecule has 4 nitrogen and oxygen atoms in total. The summed E-state index contributed by atoms with van der Waals surface area (Å²) in [6.07, 6.45) is 4.43. The number of carbonyl (C=O) groups is 1. The monoisotopic (exact) mass is 323 g/mol. The third kappa shape index (κ3) is 4.01. The normalized spacial score (nSPS) is 20.1. The molecule has 1 aromatic carbocycles. The predicted molar refractivity (Wildman–Crippen MR) is 95.0 cm³/mol. The van der Waals surface area contributed by atoms with Gasteiger partial charge >= 0.3 is 0 Å². The maximum atomic E-state index is 13.1. The minimum atomic E-state index is 0.0488. The Bertz CT molecular complexity index is 686. The molecule has 1 aliphatic carbocycles. The molecule has 2 atom stereocenters. The maximum absolute atomic E-state index is 13.1. The lowest BCUT2D eigenvalue weighted by Crippen LogP contribution is -2.35. The van der Waals surface area contributed by atoms with Crippen LogP contribution in [0.3, 0.4) is 0 Å². The predicted octanol–water partition coefficient (Wildman–Crippen LogP) is 3.05. The molecule has 0 radical (unpaired) electrons. The molecule has 0 saturated heterocycles. The van der Waals surface area contributed by atoms with Crippen molar-refractivity contribution in [3.8, 4) is 0 Å². The van der Waals surface area contributed by atoms with E-state index in [1.54, 1.807) is 6.20 Å². The number of amides is 1. The first-order chi connectivity index (χ1) is 11.6. The van der Waals surface area contributed by atoms with E-state index in [9.17, 15) is 4.79 Å². The Morgan fingerprint density at radius 1 is 1.17 bits per heavy atom. The summed E-state index contributed by atoms with van der Waals surface area (Å²) in [7, 11) is 0. The highest BCUT2D eigenvalue weighted by atomic mass is 16.2. The van der Waals surface area contributed by atoms with Gasteiger partial charge in [0.05, 0.1) is 12.2 Å². The zero-order chi connectivity index (χ0) is 16.9. The molecule has 3 rings (SSSR count). The first-order valence-corrected chi connectivity index (χ1v) is 8.62. The van der Waals surface area contributed by atoms with Gasteiger partial charge in [-0.2, -0.15) is 0 Å². The molecule has 2 aromatic rings. The first-order valence-electron chi connectivity index (χ1n) is 8.62. The largest absolute Gasteiger partial charge is 0.332 e.